The maximum absolute atomic E-state index is 10.7. The van der Waals surface area contributed by atoms with Crippen molar-refractivity contribution in [2.45, 2.75) is 50.3 Å². The number of nitrogens with two attached hydrogens (primary N) is 3. The summed E-state index contributed by atoms with van der Waals surface area (Å²) >= 11 is 0. The molecule has 0 bridgehead atoms. The molecule has 4 heterocycles. The van der Waals surface area contributed by atoms with Crippen LogP contribution < -0.4 is 27.8 Å². The molecule has 4 rings (SSSR count). The predicted molar refractivity (Wildman–Crippen MR) is 328 cm³/mol. The van der Waals surface area contributed by atoms with Crippen molar-refractivity contribution in [3.8, 4) is 0 Å². The fourth-order valence-electron chi connectivity index (χ4n) is 3.69. The number of nitrogens with zero attached hydrogens (tertiary/aromatic N) is 8. The minimum absolute atomic E-state index is 0. The maximum atomic E-state index is 10.7. The third-order valence-electron chi connectivity index (χ3n) is 7.38. The van der Waals surface area contributed by atoms with Crippen LogP contribution in [-0.4, -0.2) is 154 Å². The minimum Gasteiger partial charge on any atom is -0.540 e. The van der Waals surface area contributed by atoms with E-state index in [-0.39, 0.29) is 171 Å². The second-order valence-corrected chi connectivity index (χ2v) is 25.8. The Morgan fingerprint density at radius 1 is 0.537 bits per heavy atom. The topological polar surface area (TPSA) is 452 Å². The number of pyridine rings is 4. The fourth-order valence-corrected chi connectivity index (χ4v) is 14.1. The molecule has 449 valence electrons. The predicted octanol–water partition coefficient (Wildman–Crippen LogP) is 7.08. The standard InChI is InChI=1S/C9H11N3O4S2.C9H10N3O3S2.C8H9N3O4S2.C8H8N3O3S2.C3H7NOPS2.3CH3.3Y/c1-10-6(9(13)14)5-17-18-8-7(12(15)16)3-2-4-11-8;1-10-7(5-13)6-16-17-9-8(12(14)15)3-2-4-11-9;9-5(8(12)13)4-16-17-7-6(11(14)15)2-1-3-10-7;9-6(4-12)5-15-16-8-7(11(13)14)2-1-3-10-8;4-3(1-5)2-7-8-6;;;;;;/h2-4,6,10H,5H2,1H3,(H,13,14);2-4,7,10H,6H2,1H3;1-3,5H,4,9H2,(H,12,13);1-3,6H,5,9H2;3H,2,4,6H2;3*1H3;;;/q;-1;;5*-1;;;. The monoisotopic (exact) mass is 1570 g/mol. The summed E-state index contributed by atoms with van der Waals surface area (Å²) in [6, 6.07) is 8.29. The summed E-state index contributed by atoms with van der Waals surface area (Å²) in [6.07, 6.45) is 11.0. The summed E-state index contributed by atoms with van der Waals surface area (Å²) < 4.78 is 0. The molecule has 0 aliphatic rings. The van der Waals surface area contributed by atoms with Crippen molar-refractivity contribution in [2.24, 2.45) is 17.2 Å². The fraction of sp³-hybridized carbons (Fsp3) is 0.300. The van der Waals surface area contributed by atoms with E-state index < -0.39 is 55.8 Å². The molecule has 10 N–H and O–H groups in total. The summed E-state index contributed by atoms with van der Waals surface area (Å²) in [4.78, 5) is 108. The molecule has 0 aromatic carbocycles. The van der Waals surface area contributed by atoms with Crippen LogP contribution in [0.2, 0.25) is 0 Å². The second-order valence-electron chi connectivity index (χ2n) is 12.7. The molecule has 0 aliphatic carbocycles. The van der Waals surface area contributed by atoms with Crippen LogP contribution in [0.15, 0.2) is 93.4 Å². The molecule has 0 spiro atoms. The molecule has 0 fully saturated rings. The Morgan fingerprint density at radius 2 is 0.841 bits per heavy atom. The first-order valence-electron chi connectivity index (χ1n) is 20.0. The van der Waals surface area contributed by atoms with Crippen molar-refractivity contribution in [2.75, 3.05) is 42.9 Å². The number of carbonyl (C=O) groups excluding carboxylic acids is 3. The zero-order valence-corrected chi connectivity index (χ0v) is 61.6. The number of likely N-dealkylation sites (N-methyl/N-ethyl adjacent to an activating group) is 2. The average molecular weight is 1580 g/mol. The van der Waals surface area contributed by atoms with E-state index in [9.17, 15) is 64.4 Å². The number of carbonyl (C=O) groups is 2. The van der Waals surface area contributed by atoms with Gasteiger partial charge in [-0.25, -0.2) is 38.8 Å². The van der Waals surface area contributed by atoms with E-state index in [4.69, 9.17) is 27.4 Å². The van der Waals surface area contributed by atoms with Gasteiger partial charge in [-0.3, -0.25) is 50.0 Å². The van der Waals surface area contributed by atoms with E-state index in [1.165, 1.54) is 138 Å². The van der Waals surface area contributed by atoms with Crippen molar-refractivity contribution >= 4 is 170 Å². The molecular weight excluding hydrogens is 1520 g/mol. The van der Waals surface area contributed by atoms with Gasteiger partial charge in [-0.05, 0) is 98.8 Å². The Kier molecular flexibility index (Phi) is 68.4. The van der Waals surface area contributed by atoms with Crippen molar-refractivity contribution in [1.29, 1.82) is 0 Å². The van der Waals surface area contributed by atoms with E-state index in [1.54, 1.807) is 26.7 Å². The van der Waals surface area contributed by atoms with E-state index >= 15 is 0 Å². The second kappa shape index (κ2) is 59.2. The number of rotatable bonds is 30. The Morgan fingerprint density at radius 3 is 1.10 bits per heavy atom. The van der Waals surface area contributed by atoms with Crippen LogP contribution in [0.4, 0.5) is 22.7 Å². The van der Waals surface area contributed by atoms with Crippen LogP contribution >= 0.6 is 116 Å². The van der Waals surface area contributed by atoms with E-state index in [2.05, 4.69) is 39.0 Å². The summed E-state index contributed by atoms with van der Waals surface area (Å²) in [5.41, 5.74) is 15.5. The number of aromatic nitrogens is 4. The summed E-state index contributed by atoms with van der Waals surface area (Å²) in [6.45, 7) is 0. The number of nitro groups is 4. The zero-order chi connectivity index (χ0) is 57.4. The Bertz CT molecular complexity index is 2420. The molecule has 42 heteroatoms. The summed E-state index contributed by atoms with van der Waals surface area (Å²) in [5, 5.41) is 66.6. The van der Waals surface area contributed by atoms with Gasteiger partial charge in [0.1, 0.15) is 12.1 Å². The normalized spacial score (nSPS) is 11.3. The largest absolute Gasteiger partial charge is 0.540 e. The van der Waals surface area contributed by atoms with Crippen molar-refractivity contribution in [1.82, 2.24) is 30.6 Å². The Balaban J connectivity index is -0.000000171. The molecule has 4 aromatic rings. The van der Waals surface area contributed by atoms with Gasteiger partial charge in [0.25, 0.3) is 0 Å². The first kappa shape index (κ1) is 94.9. The van der Waals surface area contributed by atoms with Gasteiger partial charge in [0.15, 0.2) is 20.1 Å². The molecule has 82 heavy (non-hydrogen) atoms. The van der Waals surface area contributed by atoms with Gasteiger partial charge in [0.05, 0.1) is 19.7 Å². The van der Waals surface area contributed by atoms with Gasteiger partial charge >= 0.3 is 34.7 Å². The smallest absolute Gasteiger partial charge is 0.321 e. The van der Waals surface area contributed by atoms with Gasteiger partial charge in [-0.15, -0.1) is 0 Å². The molecule has 4 aromatic heterocycles. The molecule has 0 amide bonds. The van der Waals surface area contributed by atoms with Crippen LogP contribution in [0.5, 0.6) is 0 Å². The van der Waals surface area contributed by atoms with Crippen LogP contribution in [0.3, 0.4) is 0 Å². The van der Waals surface area contributed by atoms with Gasteiger partial charge in [-0.2, -0.15) is 0 Å². The minimum atomic E-state index is -1.10. The first-order chi connectivity index (χ1) is 36.2. The quantitative estimate of drug-likeness (QED) is 0.00901. The van der Waals surface area contributed by atoms with E-state index in [0.29, 0.717) is 27.3 Å². The third-order valence-corrected chi connectivity index (χ3v) is 19.3. The number of hydrogen-bond acceptors (Lipinski definition) is 32. The summed E-state index contributed by atoms with van der Waals surface area (Å²) in [7, 11) is 18.0. The van der Waals surface area contributed by atoms with Crippen LogP contribution in [0, 0.1) is 62.7 Å². The van der Waals surface area contributed by atoms with Gasteiger partial charge < -0.3 is 74.7 Å². The van der Waals surface area contributed by atoms with Crippen LogP contribution in [0.1, 0.15) is 0 Å². The van der Waals surface area contributed by atoms with Crippen molar-refractivity contribution in [3.63, 3.8) is 0 Å². The summed E-state index contributed by atoms with van der Waals surface area (Å²) in [5.74, 6) is -0.189. The molecule has 28 nitrogen and oxygen atoms in total. The Hall–Kier alpha value is -0.808. The molecular formula is C40H54N13O15PS10Y3-6. The molecule has 6 atom stereocenters. The maximum Gasteiger partial charge on any atom is 0.321 e. The number of aliphatic carboxylic acids is 2. The van der Waals surface area contributed by atoms with Gasteiger partial charge in [0, 0.05) is 159 Å². The number of nitrogens with one attached hydrogen (secondary N) is 2. The first-order valence-corrected chi connectivity index (χ1v) is 33.0. The molecule has 6 unspecified atom stereocenters. The number of carboxylic acid groups (broad SMARTS) is 2. The molecule has 0 saturated heterocycles. The van der Waals surface area contributed by atoms with Crippen molar-refractivity contribution in [3.05, 3.63) is 136 Å². The van der Waals surface area contributed by atoms with Crippen LogP contribution in [0.25, 0.3) is 0 Å². The van der Waals surface area contributed by atoms with Crippen molar-refractivity contribution < 1.29 is 152 Å². The average Bonchev–Trinajstić information content (AvgIpc) is 3.41. The zero-order valence-electron chi connectivity index (χ0n) is 43.8. The van der Waals surface area contributed by atoms with E-state index in [0.717, 1.165) is 43.2 Å². The third kappa shape index (κ3) is 43.8. The van der Waals surface area contributed by atoms with Gasteiger partial charge in [-0.1, -0.05) is 91.0 Å². The Labute approximate surface area is 590 Å². The number of hydrogen-bond donors (Lipinski definition) is 7. The molecule has 3 radical (unpaired) electrons. The van der Waals surface area contributed by atoms with Crippen LogP contribution in [-0.2, 0) is 122 Å². The number of carboxylic acids is 2. The van der Waals surface area contributed by atoms with E-state index in [1.807, 2.05) is 6.29 Å². The molecule has 0 aliphatic heterocycles. The SMILES string of the molecule is CNC(CSSc1ncccc1[N+](=O)[O-])C(=O)O.CNC([C-]=O)CSSc1ncccc1[N+](=O)[O-].NC(CSSc1ncccc1[N+](=O)[O-])C(=O)O.NC([C-]=O)CSSP.NC([C-]=O)CSSc1ncccc1[N+](=O)[O-].[CH3-].[CH3-].[CH3-].[Y].[Y].[Y]. The van der Waals surface area contributed by atoms with Gasteiger partial charge in [0.2, 0.25) is 0 Å². The molecule has 0 saturated carbocycles.